The minimum Gasteiger partial charge on any atom is -0.491 e. The van der Waals surface area contributed by atoms with Gasteiger partial charge in [-0.3, -0.25) is 4.79 Å². The van der Waals surface area contributed by atoms with Gasteiger partial charge in [0, 0.05) is 35.5 Å². The lowest BCUT2D eigenvalue weighted by Crippen LogP contribution is -2.13. The van der Waals surface area contributed by atoms with Crippen LogP contribution in [-0.2, 0) is 22.3 Å². The molecule has 0 aliphatic carbocycles. The van der Waals surface area contributed by atoms with Gasteiger partial charge in [-0.05, 0) is 83.6 Å². The van der Waals surface area contributed by atoms with Gasteiger partial charge in [0.1, 0.15) is 49.4 Å². The Morgan fingerprint density at radius 2 is 0.796 bits per heavy atom. The Kier molecular flexibility index (Phi) is 18.2. The molecular weight excluding hydrogens is 700 g/mol. The Hall–Kier alpha value is -4.57. The van der Waals surface area contributed by atoms with Crippen molar-refractivity contribution in [1.29, 1.82) is 0 Å². The van der Waals surface area contributed by atoms with Crippen molar-refractivity contribution in [2.75, 3.05) is 92.5 Å². The third-order valence-corrected chi connectivity index (χ3v) is 8.20. The molecule has 0 radical (unpaired) electrons. The van der Waals surface area contributed by atoms with Gasteiger partial charge in [0.2, 0.25) is 0 Å². The first-order chi connectivity index (χ1) is 26.5. The van der Waals surface area contributed by atoms with Gasteiger partial charge in [0.25, 0.3) is 0 Å². The molecule has 4 aromatic carbocycles. The van der Waals surface area contributed by atoms with Crippen LogP contribution >= 0.6 is 0 Å². The average Bonchev–Trinajstić information content (AvgIpc) is 3.20. The number of ketones is 1. The maximum Gasteiger partial charge on any atom is 0.194 e. The van der Waals surface area contributed by atoms with E-state index in [0.717, 1.165) is 0 Å². The molecule has 0 aliphatic heterocycles. The highest BCUT2D eigenvalue weighted by molar-refractivity contribution is 6.17. The number of carbonyl (C=O) groups excluding carboxylic acids is 1. The van der Waals surface area contributed by atoms with Crippen LogP contribution in [0.1, 0.15) is 27.0 Å². The summed E-state index contributed by atoms with van der Waals surface area (Å²) in [5.41, 5.74) is 4.18. The molecule has 0 aromatic heterocycles. The minimum absolute atomic E-state index is 0.00958. The summed E-state index contributed by atoms with van der Waals surface area (Å²) in [5, 5.41) is 57.3. The molecule has 0 saturated carbocycles. The van der Waals surface area contributed by atoms with Crippen LogP contribution in [0, 0.1) is 0 Å². The van der Waals surface area contributed by atoms with E-state index in [0.29, 0.717) is 80.7 Å². The Labute approximate surface area is 314 Å². The van der Waals surface area contributed by atoms with Gasteiger partial charge in [-0.25, -0.2) is 0 Å². The summed E-state index contributed by atoms with van der Waals surface area (Å²) in [6.07, 6.45) is 0.307. The van der Waals surface area contributed by atoms with Crippen molar-refractivity contribution in [3.63, 3.8) is 0 Å². The van der Waals surface area contributed by atoms with E-state index in [4.69, 9.17) is 38.6 Å². The smallest absolute Gasteiger partial charge is 0.194 e. The first kappa shape index (κ1) is 42.2. The molecule has 54 heavy (non-hydrogen) atoms. The number of aliphatic hydroxyl groups is 6. The lowest BCUT2D eigenvalue weighted by molar-refractivity contribution is 0.0705. The molecule has 0 atom stereocenters. The molecule has 0 unspecified atom stereocenters. The van der Waals surface area contributed by atoms with Crippen LogP contribution in [0.3, 0.4) is 0 Å². The van der Waals surface area contributed by atoms with Crippen LogP contribution in [0.5, 0.6) is 23.0 Å². The van der Waals surface area contributed by atoms with Gasteiger partial charge in [-0.1, -0.05) is 24.3 Å². The topological polar surface area (TPSA) is 194 Å². The zero-order valence-corrected chi connectivity index (χ0v) is 30.3. The van der Waals surface area contributed by atoms with Crippen molar-refractivity contribution in [2.45, 2.75) is 12.8 Å². The fraction of sp³-hybridized carbons (Fsp3) is 0.390. The van der Waals surface area contributed by atoms with Gasteiger partial charge in [-0.2, -0.15) is 0 Å². The molecule has 4 rings (SSSR count). The zero-order chi connectivity index (χ0) is 38.5. The van der Waals surface area contributed by atoms with E-state index in [2.05, 4.69) is 0 Å². The molecule has 292 valence electrons. The van der Waals surface area contributed by atoms with Crippen LogP contribution in [0.15, 0.2) is 72.8 Å². The second kappa shape index (κ2) is 23.3. The summed E-state index contributed by atoms with van der Waals surface area (Å²) < 4.78 is 33.9. The molecule has 0 bridgehead atoms. The van der Waals surface area contributed by atoms with Gasteiger partial charge in [-0.15, -0.1) is 0 Å². The number of ether oxygens (including phenoxy) is 6. The SMILES string of the molecule is O=C(c1ccc(OCCO)c(CCO)c1-c1ccc(OCCOCCO)cc1)c1ccc(OCCO)c(CCO)c1-c1ccc(OCCOCCO)cc1. The Bertz CT molecular complexity index is 1580. The molecule has 4 aromatic rings. The van der Waals surface area contributed by atoms with E-state index >= 15 is 0 Å². The van der Waals surface area contributed by atoms with Gasteiger partial charge in [0.15, 0.2) is 5.78 Å². The van der Waals surface area contributed by atoms with Crippen molar-refractivity contribution in [2.24, 2.45) is 0 Å². The normalized spacial score (nSPS) is 11.1. The quantitative estimate of drug-likeness (QED) is 0.0406. The average molecular weight is 751 g/mol. The predicted molar refractivity (Wildman–Crippen MR) is 201 cm³/mol. The highest BCUT2D eigenvalue weighted by Gasteiger charge is 2.26. The predicted octanol–water partition coefficient (Wildman–Crippen LogP) is 2.84. The van der Waals surface area contributed by atoms with Crippen molar-refractivity contribution in [1.82, 2.24) is 0 Å². The van der Waals surface area contributed by atoms with Crippen molar-refractivity contribution in [3.05, 3.63) is 95.1 Å². The number of benzene rings is 4. The van der Waals surface area contributed by atoms with Crippen LogP contribution in [0.2, 0.25) is 0 Å². The van der Waals surface area contributed by atoms with E-state index in [9.17, 15) is 25.2 Å². The van der Waals surface area contributed by atoms with E-state index in [-0.39, 0.29) is 97.9 Å². The number of carbonyl (C=O) groups is 1. The second-order valence-electron chi connectivity index (χ2n) is 11.8. The minimum atomic E-state index is -0.344. The second-order valence-corrected chi connectivity index (χ2v) is 11.8. The lowest BCUT2D eigenvalue weighted by atomic mass is 9.84. The Balaban J connectivity index is 1.84. The molecule has 13 nitrogen and oxygen atoms in total. The number of hydrogen-bond acceptors (Lipinski definition) is 13. The summed E-state index contributed by atoms with van der Waals surface area (Å²) in [5.74, 6) is 1.61. The maximum atomic E-state index is 15.0. The van der Waals surface area contributed by atoms with Crippen LogP contribution in [0.25, 0.3) is 22.3 Å². The fourth-order valence-electron chi connectivity index (χ4n) is 5.95. The lowest BCUT2D eigenvalue weighted by Gasteiger charge is -2.22. The summed E-state index contributed by atoms with van der Waals surface area (Å²) in [7, 11) is 0. The summed E-state index contributed by atoms with van der Waals surface area (Å²) in [6, 6.07) is 20.9. The number of aliphatic hydroxyl groups excluding tert-OH is 6. The largest absolute Gasteiger partial charge is 0.491 e. The summed E-state index contributed by atoms with van der Waals surface area (Å²) >= 11 is 0. The van der Waals surface area contributed by atoms with E-state index in [1.54, 1.807) is 48.5 Å². The molecule has 0 saturated heterocycles. The maximum absolute atomic E-state index is 15.0. The molecule has 6 N–H and O–H groups in total. The van der Waals surface area contributed by atoms with Crippen LogP contribution in [-0.4, -0.2) is 129 Å². The molecule has 13 heteroatoms. The number of hydrogen-bond donors (Lipinski definition) is 6. The third kappa shape index (κ3) is 11.7. The monoisotopic (exact) mass is 750 g/mol. The molecule has 0 amide bonds. The van der Waals surface area contributed by atoms with Crippen LogP contribution in [0.4, 0.5) is 0 Å². The molecule has 0 spiro atoms. The third-order valence-electron chi connectivity index (χ3n) is 8.20. The van der Waals surface area contributed by atoms with Crippen molar-refractivity contribution >= 4 is 5.78 Å². The highest BCUT2D eigenvalue weighted by Crippen LogP contribution is 2.41. The standard InChI is InChI=1S/C41H50O13/c42-15-13-33-37(53-23-19-46)11-9-35(39(33)29-1-5-31(6-2-29)51-27-25-49-21-17-44)41(48)36-10-12-38(54-24-20-47)34(14-16-43)40(36)30-3-7-32(8-4-30)52-28-26-50-22-18-45/h1-12,42-47H,13-28H2. The highest BCUT2D eigenvalue weighted by atomic mass is 16.5. The molecule has 0 aliphatic rings. The molecule has 0 heterocycles. The van der Waals surface area contributed by atoms with Gasteiger partial charge in [0.05, 0.1) is 52.9 Å². The molecule has 0 fully saturated rings. The Morgan fingerprint density at radius 3 is 1.15 bits per heavy atom. The number of rotatable bonds is 26. The fourth-order valence-corrected chi connectivity index (χ4v) is 5.95. The summed E-state index contributed by atoms with van der Waals surface area (Å²) in [4.78, 5) is 15.0. The van der Waals surface area contributed by atoms with E-state index in [1.165, 1.54) is 0 Å². The Morgan fingerprint density at radius 1 is 0.407 bits per heavy atom. The first-order valence-electron chi connectivity index (χ1n) is 17.9. The van der Waals surface area contributed by atoms with Gasteiger partial charge >= 0.3 is 0 Å². The molecular formula is C41H50O13. The van der Waals surface area contributed by atoms with E-state index in [1.807, 2.05) is 24.3 Å². The zero-order valence-electron chi connectivity index (χ0n) is 30.3. The van der Waals surface area contributed by atoms with Crippen molar-refractivity contribution in [3.8, 4) is 45.3 Å². The van der Waals surface area contributed by atoms with Crippen molar-refractivity contribution < 1.29 is 63.9 Å². The van der Waals surface area contributed by atoms with Crippen LogP contribution < -0.4 is 18.9 Å². The summed E-state index contributed by atoms with van der Waals surface area (Å²) in [6.45, 7) is 0.490. The van der Waals surface area contributed by atoms with Gasteiger partial charge < -0.3 is 59.1 Å². The van der Waals surface area contributed by atoms with E-state index < -0.39 is 0 Å². The first-order valence-corrected chi connectivity index (χ1v) is 17.9.